The molecule has 3 aliphatic rings. The third-order valence-corrected chi connectivity index (χ3v) is 7.49. The number of aryl methyl sites for hydroxylation is 1. The van der Waals surface area contributed by atoms with Crippen LogP contribution in [0.2, 0.25) is 0 Å². The molecule has 3 aromatic rings. The van der Waals surface area contributed by atoms with E-state index in [1.807, 2.05) is 0 Å². The summed E-state index contributed by atoms with van der Waals surface area (Å²) in [6.45, 7) is 6.91. The fourth-order valence-electron chi connectivity index (χ4n) is 5.30. The molecule has 6 rings (SSSR count). The lowest BCUT2D eigenvalue weighted by Gasteiger charge is -2.52. The van der Waals surface area contributed by atoms with E-state index in [-0.39, 0.29) is 0 Å². The van der Waals surface area contributed by atoms with Crippen LogP contribution in [0.3, 0.4) is 0 Å². The largest absolute Gasteiger partial charge is 0.351 e. The van der Waals surface area contributed by atoms with Gasteiger partial charge in [0, 0.05) is 35.6 Å². The Kier molecular flexibility index (Phi) is 4.50. The second-order valence-corrected chi connectivity index (χ2v) is 9.48. The summed E-state index contributed by atoms with van der Waals surface area (Å²) in [4.78, 5) is 12.6. The van der Waals surface area contributed by atoms with Crippen molar-refractivity contribution < 1.29 is 0 Å². The maximum absolute atomic E-state index is 5.02. The fourth-order valence-corrected chi connectivity index (χ4v) is 5.30. The van der Waals surface area contributed by atoms with Crippen molar-refractivity contribution in [1.29, 1.82) is 0 Å². The Bertz CT molecular complexity index is 1130. The standard InChI is InChI=1S/C27H30N4/c1-21-17-25(22-7-3-2-4-8-22)28-26-18-23(9-10-24(21)26)30-15-16-31(20-30)27(11-5-12-27)19-29-13-6-14-29/h2-4,7-10,15-18H,5-6,11-14,19-20H2,1H3. The van der Waals surface area contributed by atoms with E-state index in [4.69, 9.17) is 4.98 Å². The van der Waals surface area contributed by atoms with E-state index < -0.39 is 0 Å². The molecular formula is C27H30N4. The van der Waals surface area contributed by atoms with E-state index in [9.17, 15) is 0 Å². The molecule has 2 aliphatic heterocycles. The van der Waals surface area contributed by atoms with Gasteiger partial charge >= 0.3 is 0 Å². The molecule has 1 saturated heterocycles. The first-order valence-corrected chi connectivity index (χ1v) is 11.6. The molecule has 0 atom stereocenters. The van der Waals surface area contributed by atoms with Crippen molar-refractivity contribution in [1.82, 2.24) is 14.8 Å². The lowest BCUT2D eigenvalue weighted by Crippen LogP contribution is -2.60. The lowest BCUT2D eigenvalue weighted by atomic mass is 9.74. The van der Waals surface area contributed by atoms with Gasteiger partial charge in [0.05, 0.1) is 23.4 Å². The molecule has 0 radical (unpaired) electrons. The maximum Gasteiger partial charge on any atom is 0.0947 e. The predicted octanol–water partition coefficient (Wildman–Crippen LogP) is 5.39. The van der Waals surface area contributed by atoms with Gasteiger partial charge in [-0.1, -0.05) is 36.4 Å². The Labute approximate surface area is 184 Å². The molecule has 2 fully saturated rings. The summed E-state index contributed by atoms with van der Waals surface area (Å²) >= 11 is 0. The number of hydrogen-bond acceptors (Lipinski definition) is 4. The number of rotatable bonds is 5. The first-order valence-electron chi connectivity index (χ1n) is 11.6. The zero-order valence-electron chi connectivity index (χ0n) is 18.3. The first kappa shape index (κ1) is 18.9. The van der Waals surface area contributed by atoms with E-state index in [1.54, 1.807) is 0 Å². The zero-order chi connectivity index (χ0) is 20.8. The molecule has 0 amide bonds. The third kappa shape index (κ3) is 3.30. The highest BCUT2D eigenvalue weighted by atomic mass is 15.4. The average Bonchev–Trinajstić information content (AvgIpc) is 3.22. The van der Waals surface area contributed by atoms with Crippen molar-refractivity contribution in [3.63, 3.8) is 0 Å². The van der Waals surface area contributed by atoms with Gasteiger partial charge in [0.15, 0.2) is 0 Å². The summed E-state index contributed by atoms with van der Waals surface area (Å²) < 4.78 is 0. The van der Waals surface area contributed by atoms with Crippen molar-refractivity contribution in [3.05, 3.63) is 72.6 Å². The minimum Gasteiger partial charge on any atom is -0.351 e. The van der Waals surface area contributed by atoms with Gasteiger partial charge in [0.2, 0.25) is 0 Å². The SMILES string of the molecule is Cc1cc(-c2ccccc2)nc2cc(N3C=CN(C4(CN5CCC5)CCC4)C3)ccc12. The van der Waals surface area contributed by atoms with Crippen LogP contribution in [0.15, 0.2) is 67.0 Å². The number of benzene rings is 2. The molecule has 2 aromatic carbocycles. The summed E-state index contributed by atoms with van der Waals surface area (Å²) in [6.07, 6.45) is 9.95. The van der Waals surface area contributed by atoms with Crippen molar-refractivity contribution in [2.75, 3.05) is 31.2 Å². The van der Waals surface area contributed by atoms with Crippen LogP contribution in [0.1, 0.15) is 31.2 Å². The second kappa shape index (κ2) is 7.38. The highest BCUT2D eigenvalue weighted by Crippen LogP contribution is 2.41. The van der Waals surface area contributed by atoms with Crippen LogP contribution in [0.4, 0.5) is 5.69 Å². The van der Waals surface area contributed by atoms with Crippen LogP contribution < -0.4 is 4.90 Å². The second-order valence-electron chi connectivity index (χ2n) is 9.48. The Hall–Kier alpha value is -2.85. The highest BCUT2D eigenvalue weighted by Gasteiger charge is 2.44. The Morgan fingerprint density at radius 1 is 0.935 bits per heavy atom. The minimum absolute atomic E-state index is 0.345. The monoisotopic (exact) mass is 410 g/mol. The van der Waals surface area contributed by atoms with Gasteiger partial charge < -0.3 is 14.7 Å². The normalized spacial score (nSPS) is 20.2. The molecule has 4 heteroatoms. The number of hydrogen-bond donors (Lipinski definition) is 0. The minimum atomic E-state index is 0.345. The summed E-state index contributed by atoms with van der Waals surface area (Å²) in [5, 5.41) is 1.23. The Morgan fingerprint density at radius 3 is 2.48 bits per heavy atom. The topological polar surface area (TPSA) is 22.6 Å². The van der Waals surface area contributed by atoms with Gasteiger partial charge in [-0.3, -0.25) is 0 Å². The lowest BCUT2D eigenvalue weighted by molar-refractivity contribution is 0.00535. The van der Waals surface area contributed by atoms with Crippen LogP contribution in [-0.2, 0) is 0 Å². The van der Waals surface area contributed by atoms with Crippen LogP contribution in [0, 0.1) is 6.92 Å². The van der Waals surface area contributed by atoms with Gasteiger partial charge in [-0.15, -0.1) is 0 Å². The molecule has 0 N–H and O–H groups in total. The molecule has 3 heterocycles. The first-order chi connectivity index (χ1) is 15.2. The van der Waals surface area contributed by atoms with E-state index in [2.05, 4.69) is 88.6 Å². The number of fused-ring (bicyclic) bond motifs is 1. The number of likely N-dealkylation sites (tertiary alicyclic amines) is 1. The molecule has 1 aliphatic carbocycles. The van der Waals surface area contributed by atoms with Gasteiger partial charge in [-0.2, -0.15) is 0 Å². The molecule has 0 spiro atoms. The van der Waals surface area contributed by atoms with Crippen LogP contribution in [0.5, 0.6) is 0 Å². The van der Waals surface area contributed by atoms with Crippen molar-refractivity contribution in [2.45, 2.75) is 38.1 Å². The molecule has 0 unspecified atom stereocenters. The summed E-state index contributed by atoms with van der Waals surface area (Å²) in [7, 11) is 0. The molecule has 0 bridgehead atoms. The number of aromatic nitrogens is 1. The van der Waals surface area contributed by atoms with E-state index in [1.165, 1.54) is 67.5 Å². The smallest absolute Gasteiger partial charge is 0.0947 e. The van der Waals surface area contributed by atoms with E-state index in [0.29, 0.717) is 5.54 Å². The van der Waals surface area contributed by atoms with Crippen LogP contribution >= 0.6 is 0 Å². The van der Waals surface area contributed by atoms with E-state index in [0.717, 1.165) is 17.9 Å². The Morgan fingerprint density at radius 2 is 1.77 bits per heavy atom. The highest BCUT2D eigenvalue weighted by molar-refractivity contribution is 5.88. The quantitative estimate of drug-likeness (QED) is 0.562. The predicted molar refractivity (Wildman–Crippen MR) is 128 cm³/mol. The van der Waals surface area contributed by atoms with Gasteiger partial charge in [0.1, 0.15) is 0 Å². The van der Waals surface area contributed by atoms with Crippen molar-refractivity contribution in [2.24, 2.45) is 0 Å². The van der Waals surface area contributed by atoms with Crippen molar-refractivity contribution >= 4 is 16.6 Å². The zero-order valence-corrected chi connectivity index (χ0v) is 18.3. The maximum atomic E-state index is 5.02. The molecule has 4 nitrogen and oxygen atoms in total. The van der Waals surface area contributed by atoms with Gasteiger partial charge in [-0.25, -0.2) is 4.98 Å². The summed E-state index contributed by atoms with van der Waals surface area (Å²) in [5.74, 6) is 0. The third-order valence-electron chi connectivity index (χ3n) is 7.49. The fraction of sp³-hybridized carbons (Fsp3) is 0.370. The molecule has 158 valence electrons. The number of anilines is 1. The van der Waals surface area contributed by atoms with Gasteiger partial charge in [0.25, 0.3) is 0 Å². The van der Waals surface area contributed by atoms with Crippen LogP contribution in [-0.4, -0.2) is 46.6 Å². The molecular weight excluding hydrogens is 380 g/mol. The number of pyridine rings is 1. The Balaban J connectivity index is 1.27. The molecule has 1 aromatic heterocycles. The van der Waals surface area contributed by atoms with Crippen molar-refractivity contribution in [3.8, 4) is 11.3 Å². The average molecular weight is 411 g/mol. The molecule has 31 heavy (non-hydrogen) atoms. The van der Waals surface area contributed by atoms with E-state index >= 15 is 0 Å². The number of nitrogens with zero attached hydrogens (tertiary/aromatic N) is 4. The van der Waals surface area contributed by atoms with Crippen LogP contribution in [0.25, 0.3) is 22.2 Å². The molecule has 1 saturated carbocycles. The summed E-state index contributed by atoms with van der Waals surface area (Å²) in [5.41, 5.74) is 6.13. The van der Waals surface area contributed by atoms with Gasteiger partial charge in [-0.05, 0) is 69.5 Å². The summed E-state index contributed by atoms with van der Waals surface area (Å²) in [6, 6.07) is 19.4.